The molecule has 1 aromatic heterocycles. The van der Waals surface area contributed by atoms with Crippen LogP contribution in [0.4, 0.5) is 0 Å². The summed E-state index contributed by atoms with van der Waals surface area (Å²) in [4.78, 5) is 0. The zero-order valence-corrected chi connectivity index (χ0v) is 11.8. The van der Waals surface area contributed by atoms with Crippen molar-refractivity contribution in [2.75, 3.05) is 13.2 Å². The van der Waals surface area contributed by atoms with Crippen LogP contribution in [0.25, 0.3) is 0 Å². The van der Waals surface area contributed by atoms with Crippen molar-refractivity contribution in [1.82, 2.24) is 15.1 Å². The van der Waals surface area contributed by atoms with Gasteiger partial charge < -0.3 is 10.1 Å². The maximum absolute atomic E-state index is 6.18. The van der Waals surface area contributed by atoms with Gasteiger partial charge in [-0.3, -0.25) is 4.68 Å². The van der Waals surface area contributed by atoms with Crippen LogP contribution < -0.4 is 5.32 Å². The second kappa shape index (κ2) is 6.99. The fourth-order valence-corrected chi connectivity index (χ4v) is 1.79. The topological polar surface area (TPSA) is 39.1 Å². The number of hydrogen-bond acceptors (Lipinski definition) is 3. The van der Waals surface area contributed by atoms with E-state index in [1.165, 1.54) is 0 Å². The lowest BCUT2D eigenvalue weighted by atomic mass is 10.4. The molecule has 1 aromatic rings. The smallest absolute Gasteiger partial charge is 0.0900 e. The van der Waals surface area contributed by atoms with Crippen LogP contribution >= 0.6 is 11.6 Å². The highest BCUT2D eigenvalue weighted by Crippen LogP contribution is 2.20. The summed E-state index contributed by atoms with van der Waals surface area (Å²) in [5.74, 6) is 0. The fraction of sp³-hybridized carbons (Fsp3) is 0.750. The van der Waals surface area contributed by atoms with E-state index < -0.39 is 0 Å². The van der Waals surface area contributed by atoms with Gasteiger partial charge in [0.15, 0.2) is 0 Å². The van der Waals surface area contributed by atoms with Crippen LogP contribution in [0.15, 0.2) is 0 Å². The average Bonchev–Trinajstić information content (AvgIpc) is 2.55. The molecular weight excluding hydrogens is 238 g/mol. The number of nitrogens with zero attached hydrogens (tertiary/aromatic N) is 2. The standard InChI is InChI=1S/C12H22ClN3O/c1-5-16-11(12(13)10(4)15-16)8-17-7-6-14-9(2)3/h9,14H,5-8H2,1-4H3. The van der Waals surface area contributed by atoms with Crippen molar-refractivity contribution in [3.63, 3.8) is 0 Å². The molecule has 0 radical (unpaired) electrons. The van der Waals surface area contributed by atoms with Gasteiger partial charge in [-0.1, -0.05) is 25.4 Å². The molecule has 5 heteroatoms. The Morgan fingerprint density at radius 1 is 1.47 bits per heavy atom. The van der Waals surface area contributed by atoms with E-state index in [2.05, 4.69) is 24.3 Å². The SMILES string of the molecule is CCn1nc(C)c(Cl)c1COCCNC(C)C. The highest BCUT2D eigenvalue weighted by Gasteiger charge is 2.12. The van der Waals surface area contributed by atoms with E-state index in [9.17, 15) is 0 Å². The molecule has 98 valence electrons. The van der Waals surface area contributed by atoms with Gasteiger partial charge >= 0.3 is 0 Å². The largest absolute Gasteiger partial charge is 0.374 e. The van der Waals surface area contributed by atoms with Crippen molar-refractivity contribution in [2.45, 2.75) is 46.9 Å². The summed E-state index contributed by atoms with van der Waals surface area (Å²) >= 11 is 6.18. The third kappa shape index (κ3) is 4.30. The molecule has 0 spiro atoms. The first-order valence-electron chi connectivity index (χ1n) is 6.09. The van der Waals surface area contributed by atoms with E-state index >= 15 is 0 Å². The molecule has 0 atom stereocenters. The summed E-state index contributed by atoms with van der Waals surface area (Å²) in [6.07, 6.45) is 0. The number of rotatable bonds is 7. The Bertz CT molecular complexity index is 350. The molecule has 0 aliphatic heterocycles. The fourth-order valence-electron chi connectivity index (χ4n) is 1.60. The van der Waals surface area contributed by atoms with E-state index in [4.69, 9.17) is 16.3 Å². The lowest BCUT2D eigenvalue weighted by molar-refractivity contribution is 0.116. The van der Waals surface area contributed by atoms with Gasteiger partial charge in [-0.25, -0.2) is 0 Å². The molecule has 0 aliphatic rings. The van der Waals surface area contributed by atoms with E-state index in [1.54, 1.807) is 0 Å². The molecule has 0 fully saturated rings. The number of aromatic nitrogens is 2. The summed E-state index contributed by atoms with van der Waals surface area (Å²) < 4.78 is 7.50. The summed E-state index contributed by atoms with van der Waals surface area (Å²) in [6, 6.07) is 0.491. The van der Waals surface area contributed by atoms with Crippen molar-refractivity contribution < 1.29 is 4.74 Å². The monoisotopic (exact) mass is 259 g/mol. The van der Waals surface area contributed by atoms with Crippen molar-refractivity contribution in [1.29, 1.82) is 0 Å². The van der Waals surface area contributed by atoms with E-state index in [-0.39, 0.29) is 0 Å². The number of ether oxygens (including phenoxy) is 1. The number of hydrogen-bond donors (Lipinski definition) is 1. The van der Waals surface area contributed by atoms with E-state index in [1.807, 2.05) is 18.5 Å². The van der Waals surface area contributed by atoms with Gasteiger partial charge in [0.2, 0.25) is 0 Å². The maximum Gasteiger partial charge on any atom is 0.0900 e. The van der Waals surface area contributed by atoms with Crippen LogP contribution in [0.2, 0.25) is 5.02 Å². The van der Waals surface area contributed by atoms with Crippen molar-refractivity contribution in [3.05, 3.63) is 16.4 Å². The Hall–Kier alpha value is -0.580. The zero-order valence-electron chi connectivity index (χ0n) is 11.1. The number of aryl methyl sites for hydroxylation is 2. The number of nitrogens with one attached hydrogen (secondary N) is 1. The van der Waals surface area contributed by atoms with Crippen LogP contribution in [0.3, 0.4) is 0 Å². The summed E-state index contributed by atoms with van der Waals surface area (Å²) in [5, 5.41) is 8.37. The molecular formula is C12H22ClN3O. The van der Waals surface area contributed by atoms with E-state index in [0.717, 1.165) is 29.5 Å². The van der Waals surface area contributed by atoms with Crippen molar-refractivity contribution in [3.8, 4) is 0 Å². The molecule has 17 heavy (non-hydrogen) atoms. The Labute approximate surface area is 108 Å². The molecule has 0 aliphatic carbocycles. The van der Waals surface area contributed by atoms with Gasteiger partial charge in [-0.15, -0.1) is 0 Å². The van der Waals surface area contributed by atoms with E-state index in [0.29, 0.717) is 19.3 Å². The first kappa shape index (κ1) is 14.5. The van der Waals surface area contributed by atoms with Crippen LogP contribution in [0.1, 0.15) is 32.2 Å². The minimum absolute atomic E-state index is 0.491. The normalized spacial score (nSPS) is 11.4. The van der Waals surface area contributed by atoms with Gasteiger partial charge in [0.05, 0.1) is 29.6 Å². The molecule has 0 unspecified atom stereocenters. The minimum atomic E-state index is 0.491. The molecule has 0 aromatic carbocycles. The Kier molecular flexibility index (Phi) is 5.95. The summed E-state index contributed by atoms with van der Waals surface area (Å²) in [6.45, 7) is 11.1. The lowest BCUT2D eigenvalue weighted by Crippen LogP contribution is -2.26. The third-order valence-electron chi connectivity index (χ3n) is 2.49. The molecule has 0 bridgehead atoms. The Balaban J connectivity index is 2.41. The van der Waals surface area contributed by atoms with Crippen molar-refractivity contribution >= 4 is 11.6 Å². The van der Waals surface area contributed by atoms with Gasteiger partial charge in [0, 0.05) is 19.1 Å². The van der Waals surface area contributed by atoms with Crippen LogP contribution in [0, 0.1) is 6.92 Å². The molecule has 0 saturated carbocycles. The van der Waals surface area contributed by atoms with Gasteiger partial charge in [0.25, 0.3) is 0 Å². The molecule has 1 rings (SSSR count). The van der Waals surface area contributed by atoms with Crippen LogP contribution in [-0.4, -0.2) is 29.0 Å². The lowest BCUT2D eigenvalue weighted by Gasteiger charge is -2.09. The highest BCUT2D eigenvalue weighted by atomic mass is 35.5. The summed E-state index contributed by atoms with van der Waals surface area (Å²) in [7, 11) is 0. The molecule has 1 heterocycles. The van der Waals surface area contributed by atoms with Gasteiger partial charge in [0.1, 0.15) is 0 Å². The van der Waals surface area contributed by atoms with Gasteiger partial charge in [-0.05, 0) is 13.8 Å². The molecule has 0 amide bonds. The molecule has 1 N–H and O–H groups in total. The third-order valence-corrected chi connectivity index (χ3v) is 2.98. The second-order valence-corrected chi connectivity index (χ2v) is 4.70. The predicted molar refractivity (Wildman–Crippen MR) is 70.4 cm³/mol. The van der Waals surface area contributed by atoms with Crippen LogP contribution in [0.5, 0.6) is 0 Å². The predicted octanol–water partition coefficient (Wildman–Crippen LogP) is 2.38. The number of halogens is 1. The first-order chi connectivity index (χ1) is 8.06. The summed E-state index contributed by atoms with van der Waals surface area (Å²) in [5.41, 5.74) is 1.84. The first-order valence-corrected chi connectivity index (χ1v) is 6.47. The second-order valence-electron chi connectivity index (χ2n) is 4.32. The maximum atomic E-state index is 6.18. The van der Waals surface area contributed by atoms with Crippen molar-refractivity contribution in [2.24, 2.45) is 0 Å². The quantitative estimate of drug-likeness (QED) is 0.765. The Morgan fingerprint density at radius 2 is 2.18 bits per heavy atom. The minimum Gasteiger partial charge on any atom is -0.374 e. The average molecular weight is 260 g/mol. The van der Waals surface area contributed by atoms with Crippen LogP contribution in [-0.2, 0) is 17.9 Å². The Morgan fingerprint density at radius 3 is 2.76 bits per heavy atom. The molecule has 0 saturated heterocycles. The van der Waals surface area contributed by atoms with Gasteiger partial charge in [-0.2, -0.15) is 5.10 Å². The highest BCUT2D eigenvalue weighted by molar-refractivity contribution is 6.31. The zero-order chi connectivity index (χ0) is 12.8. The molecule has 4 nitrogen and oxygen atoms in total.